The van der Waals surface area contributed by atoms with Crippen LogP contribution in [0.4, 0.5) is 5.69 Å². The highest BCUT2D eigenvalue weighted by atomic mass is 16.3. The SMILES string of the molecule is Nc1ccc(-c2ncncn2)c(O)c1. The molecule has 5 nitrogen and oxygen atoms in total. The first-order valence-corrected chi connectivity index (χ1v) is 3.98. The summed E-state index contributed by atoms with van der Waals surface area (Å²) in [5, 5.41) is 9.56. The van der Waals surface area contributed by atoms with Crippen molar-refractivity contribution in [2.75, 3.05) is 5.73 Å². The topological polar surface area (TPSA) is 84.9 Å². The van der Waals surface area contributed by atoms with Gasteiger partial charge >= 0.3 is 0 Å². The van der Waals surface area contributed by atoms with Crippen molar-refractivity contribution in [2.24, 2.45) is 0 Å². The molecule has 14 heavy (non-hydrogen) atoms. The van der Waals surface area contributed by atoms with E-state index in [1.54, 1.807) is 12.1 Å². The van der Waals surface area contributed by atoms with Gasteiger partial charge in [-0.15, -0.1) is 0 Å². The number of benzene rings is 1. The maximum atomic E-state index is 9.56. The molecule has 0 bridgehead atoms. The second-order valence-corrected chi connectivity index (χ2v) is 2.74. The summed E-state index contributed by atoms with van der Waals surface area (Å²) in [6.45, 7) is 0. The van der Waals surface area contributed by atoms with Crippen molar-refractivity contribution >= 4 is 5.69 Å². The molecule has 0 radical (unpaired) electrons. The summed E-state index contributed by atoms with van der Waals surface area (Å²) in [6.07, 6.45) is 2.75. The van der Waals surface area contributed by atoms with Gasteiger partial charge in [0.05, 0.1) is 5.56 Å². The second kappa shape index (κ2) is 3.29. The maximum Gasteiger partial charge on any atom is 0.166 e. The van der Waals surface area contributed by atoms with Crippen LogP contribution in [0.3, 0.4) is 0 Å². The van der Waals surface area contributed by atoms with Crippen molar-refractivity contribution in [2.45, 2.75) is 0 Å². The van der Waals surface area contributed by atoms with Gasteiger partial charge < -0.3 is 10.8 Å². The van der Waals surface area contributed by atoms with Crippen LogP contribution in [0.2, 0.25) is 0 Å². The number of hydrogen-bond acceptors (Lipinski definition) is 5. The van der Waals surface area contributed by atoms with E-state index < -0.39 is 0 Å². The predicted octanol–water partition coefficient (Wildman–Crippen LogP) is 0.826. The number of nitrogen functional groups attached to an aromatic ring is 1. The van der Waals surface area contributed by atoms with Crippen LogP contribution in [0.25, 0.3) is 11.4 Å². The van der Waals surface area contributed by atoms with Gasteiger partial charge in [-0.2, -0.15) is 0 Å². The van der Waals surface area contributed by atoms with Crippen LogP contribution in [0.5, 0.6) is 5.75 Å². The first-order chi connectivity index (χ1) is 6.77. The van der Waals surface area contributed by atoms with E-state index in [1.165, 1.54) is 18.7 Å². The molecule has 0 aliphatic rings. The number of nitrogens with zero attached hydrogens (tertiary/aromatic N) is 3. The van der Waals surface area contributed by atoms with Crippen LogP contribution in [0, 0.1) is 0 Å². The monoisotopic (exact) mass is 188 g/mol. The number of nitrogens with two attached hydrogens (primary N) is 1. The Morgan fingerprint density at radius 3 is 2.50 bits per heavy atom. The number of anilines is 1. The number of aromatic nitrogens is 3. The van der Waals surface area contributed by atoms with Crippen molar-refractivity contribution in [3.05, 3.63) is 30.9 Å². The molecule has 0 atom stereocenters. The van der Waals surface area contributed by atoms with Crippen LogP contribution in [-0.2, 0) is 0 Å². The van der Waals surface area contributed by atoms with E-state index in [-0.39, 0.29) is 5.75 Å². The Balaban J connectivity index is 2.53. The lowest BCUT2D eigenvalue weighted by Gasteiger charge is -2.02. The van der Waals surface area contributed by atoms with Gasteiger partial charge in [0.15, 0.2) is 5.82 Å². The molecule has 2 rings (SSSR count). The molecule has 5 heteroatoms. The van der Waals surface area contributed by atoms with Gasteiger partial charge in [-0.1, -0.05) is 0 Å². The van der Waals surface area contributed by atoms with Crippen molar-refractivity contribution in [1.29, 1.82) is 0 Å². The van der Waals surface area contributed by atoms with Crippen LogP contribution < -0.4 is 5.73 Å². The molecule has 1 heterocycles. The Bertz CT molecular complexity index is 444. The van der Waals surface area contributed by atoms with E-state index in [0.29, 0.717) is 17.1 Å². The third kappa shape index (κ3) is 1.47. The standard InChI is InChI=1S/C9H8N4O/c10-6-1-2-7(8(14)3-6)9-12-4-11-5-13-9/h1-5,14H,10H2. The van der Waals surface area contributed by atoms with Crippen molar-refractivity contribution in [3.8, 4) is 17.1 Å². The molecule has 0 saturated carbocycles. The minimum atomic E-state index is 0.0659. The Kier molecular flexibility index (Phi) is 1.98. The smallest absolute Gasteiger partial charge is 0.166 e. The van der Waals surface area contributed by atoms with Crippen molar-refractivity contribution in [1.82, 2.24) is 15.0 Å². The van der Waals surface area contributed by atoms with Crippen LogP contribution in [0.15, 0.2) is 30.9 Å². The van der Waals surface area contributed by atoms with Crippen molar-refractivity contribution < 1.29 is 5.11 Å². The molecule has 2 aromatic rings. The molecule has 3 N–H and O–H groups in total. The van der Waals surface area contributed by atoms with Gasteiger partial charge in [-0.3, -0.25) is 0 Å². The molecular formula is C9H8N4O. The normalized spacial score (nSPS) is 10.0. The zero-order valence-electron chi connectivity index (χ0n) is 7.25. The van der Waals surface area contributed by atoms with Gasteiger partial charge in [0.1, 0.15) is 18.4 Å². The molecule has 0 amide bonds. The van der Waals surface area contributed by atoms with Crippen LogP contribution >= 0.6 is 0 Å². The van der Waals surface area contributed by atoms with Crippen molar-refractivity contribution in [3.63, 3.8) is 0 Å². The van der Waals surface area contributed by atoms with Gasteiger partial charge in [0, 0.05) is 11.8 Å². The van der Waals surface area contributed by atoms with Gasteiger partial charge in [0.25, 0.3) is 0 Å². The van der Waals surface area contributed by atoms with Gasteiger partial charge in [-0.05, 0) is 12.1 Å². The minimum absolute atomic E-state index is 0.0659. The molecular weight excluding hydrogens is 180 g/mol. The van der Waals surface area contributed by atoms with E-state index in [1.807, 2.05) is 0 Å². The van der Waals surface area contributed by atoms with E-state index >= 15 is 0 Å². The minimum Gasteiger partial charge on any atom is -0.507 e. The molecule has 0 aliphatic heterocycles. The lowest BCUT2D eigenvalue weighted by molar-refractivity contribution is 0.477. The Labute approximate surface area is 80.3 Å². The zero-order chi connectivity index (χ0) is 9.97. The highest BCUT2D eigenvalue weighted by molar-refractivity contribution is 5.66. The lowest BCUT2D eigenvalue weighted by atomic mass is 10.1. The summed E-state index contributed by atoms with van der Waals surface area (Å²) < 4.78 is 0. The van der Waals surface area contributed by atoms with E-state index in [2.05, 4.69) is 15.0 Å². The number of hydrogen-bond donors (Lipinski definition) is 2. The van der Waals surface area contributed by atoms with Gasteiger partial charge in [-0.25, -0.2) is 15.0 Å². The number of aromatic hydroxyl groups is 1. The maximum absolute atomic E-state index is 9.56. The molecule has 0 saturated heterocycles. The summed E-state index contributed by atoms with van der Waals surface area (Å²) in [5.41, 5.74) is 6.54. The molecule has 70 valence electrons. The first kappa shape index (κ1) is 8.43. The quantitative estimate of drug-likeness (QED) is 0.647. The Hall–Kier alpha value is -2.17. The summed E-state index contributed by atoms with van der Waals surface area (Å²) >= 11 is 0. The number of rotatable bonds is 1. The lowest BCUT2D eigenvalue weighted by Crippen LogP contribution is -1.91. The average molecular weight is 188 g/mol. The molecule has 0 unspecified atom stereocenters. The predicted molar refractivity (Wildman–Crippen MR) is 51.3 cm³/mol. The van der Waals surface area contributed by atoms with E-state index in [0.717, 1.165) is 0 Å². The zero-order valence-corrected chi connectivity index (χ0v) is 7.25. The fourth-order valence-electron chi connectivity index (χ4n) is 1.12. The molecule has 0 fully saturated rings. The second-order valence-electron chi connectivity index (χ2n) is 2.74. The van der Waals surface area contributed by atoms with Crippen LogP contribution in [-0.4, -0.2) is 20.1 Å². The van der Waals surface area contributed by atoms with Crippen LogP contribution in [0.1, 0.15) is 0 Å². The molecule has 1 aromatic carbocycles. The third-order valence-corrected chi connectivity index (χ3v) is 1.76. The fraction of sp³-hybridized carbons (Fsp3) is 0. The molecule has 0 spiro atoms. The number of phenols is 1. The largest absolute Gasteiger partial charge is 0.507 e. The third-order valence-electron chi connectivity index (χ3n) is 1.76. The summed E-state index contributed by atoms with van der Waals surface area (Å²) in [4.78, 5) is 11.5. The number of phenolic OH excluding ortho intramolecular Hbond substituents is 1. The van der Waals surface area contributed by atoms with E-state index in [4.69, 9.17) is 5.73 Å². The van der Waals surface area contributed by atoms with Gasteiger partial charge in [0.2, 0.25) is 0 Å². The average Bonchev–Trinajstić information content (AvgIpc) is 2.19. The highest BCUT2D eigenvalue weighted by Crippen LogP contribution is 2.27. The summed E-state index contributed by atoms with van der Waals surface area (Å²) in [6, 6.07) is 4.80. The summed E-state index contributed by atoms with van der Waals surface area (Å²) in [7, 11) is 0. The summed E-state index contributed by atoms with van der Waals surface area (Å²) in [5.74, 6) is 0.494. The molecule has 0 aliphatic carbocycles. The molecule has 1 aromatic heterocycles. The first-order valence-electron chi connectivity index (χ1n) is 3.98. The fourth-order valence-corrected chi connectivity index (χ4v) is 1.12. The Morgan fingerprint density at radius 1 is 1.14 bits per heavy atom. The highest BCUT2D eigenvalue weighted by Gasteiger charge is 2.05. The Morgan fingerprint density at radius 2 is 1.86 bits per heavy atom. The van der Waals surface area contributed by atoms with E-state index in [9.17, 15) is 5.11 Å².